The van der Waals surface area contributed by atoms with E-state index in [4.69, 9.17) is 9.84 Å². The van der Waals surface area contributed by atoms with Crippen molar-refractivity contribution in [3.05, 3.63) is 33.7 Å². The molecular weight excluding hydrogens is 210 g/mol. The maximum absolute atomic E-state index is 11.2. The number of hydrogen-bond donors (Lipinski definition) is 2. The molecule has 0 amide bonds. The first-order valence-corrected chi connectivity index (χ1v) is 5.22. The molecule has 1 aliphatic heterocycles. The number of aromatic amines is 1. The molecule has 0 bridgehead atoms. The van der Waals surface area contributed by atoms with Gasteiger partial charge in [0.25, 0.3) is 5.56 Å². The van der Waals surface area contributed by atoms with Crippen molar-refractivity contribution in [3.8, 4) is 0 Å². The van der Waals surface area contributed by atoms with Crippen LogP contribution in [0, 0.1) is 0 Å². The number of hydrogen-bond acceptors (Lipinski definition) is 3. The zero-order valence-electron chi connectivity index (χ0n) is 8.73. The number of aromatic carboxylic acids is 1. The molecule has 2 heterocycles. The van der Waals surface area contributed by atoms with Gasteiger partial charge in [0.15, 0.2) is 0 Å². The third kappa shape index (κ3) is 2.14. The van der Waals surface area contributed by atoms with Crippen LogP contribution >= 0.6 is 0 Å². The summed E-state index contributed by atoms with van der Waals surface area (Å²) in [5.74, 6) is -1.01. The van der Waals surface area contributed by atoms with Crippen LogP contribution in [0.2, 0.25) is 0 Å². The maximum atomic E-state index is 11.2. The minimum Gasteiger partial charge on any atom is -0.477 e. The highest BCUT2D eigenvalue weighted by atomic mass is 16.5. The fraction of sp³-hybridized carbons (Fsp3) is 0.455. The lowest BCUT2D eigenvalue weighted by molar-refractivity contribution is 0.0692. The van der Waals surface area contributed by atoms with Gasteiger partial charge in [-0.2, -0.15) is 0 Å². The highest BCUT2D eigenvalue weighted by Crippen LogP contribution is 2.24. The molecule has 1 aromatic rings. The molecule has 1 saturated heterocycles. The molecule has 2 rings (SSSR count). The molecule has 5 heteroatoms. The van der Waals surface area contributed by atoms with E-state index in [1.165, 1.54) is 6.07 Å². The molecular formula is C11H13NO4. The Balaban J connectivity index is 2.31. The van der Waals surface area contributed by atoms with Crippen LogP contribution in [0.4, 0.5) is 0 Å². The van der Waals surface area contributed by atoms with Crippen LogP contribution < -0.4 is 5.56 Å². The molecule has 1 aliphatic rings. The summed E-state index contributed by atoms with van der Waals surface area (Å²) >= 11 is 0. The fourth-order valence-electron chi connectivity index (χ4n) is 1.90. The lowest BCUT2D eigenvalue weighted by atomic mass is 9.94. The Morgan fingerprint density at radius 3 is 3.00 bits per heavy atom. The van der Waals surface area contributed by atoms with E-state index in [-0.39, 0.29) is 11.5 Å². The second-order valence-corrected chi connectivity index (χ2v) is 3.90. The average Bonchev–Trinajstić information content (AvgIpc) is 2.30. The summed E-state index contributed by atoms with van der Waals surface area (Å²) in [5, 5.41) is 8.84. The maximum Gasteiger partial charge on any atom is 0.341 e. The first-order valence-electron chi connectivity index (χ1n) is 5.22. The lowest BCUT2D eigenvalue weighted by Gasteiger charge is -2.22. The molecule has 2 N–H and O–H groups in total. The Labute approximate surface area is 92.1 Å². The first kappa shape index (κ1) is 10.9. The normalized spacial score (nSPS) is 20.6. The van der Waals surface area contributed by atoms with Gasteiger partial charge >= 0.3 is 5.97 Å². The van der Waals surface area contributed by atoms with Crippen molar-refractivity contribution in [2.24, 2.45) is 0 Å². The number of carboxylic acids is 1. The Bertz CT molecular complexity index is 446. The van der Waals surface area contributed by atoms with Gasteiger partial charge in [0.2, 0.25) is 0 Å². The van der Waals surface area contributed by atoms with Crippen molar-refractivity contribution >= 4 is 5.97 Å². The van der Waals surface area contributed by atoms with E-state index < -0.39 is 11.5 Å². The minimum atomic E-state index is -1.19. The minimum absolute atomic E-state index is 0.184. The van der Waals surface area contributed by atoms with Gasteiger partial charge in [0.1, 0.15) is 5.56 Å². The van der Waals surface area contributed by atoms with E-state index >= 15 is 0 Å². The van der Waals surface area contributed by atoms with Crippen molar-refractivity contribution in [2.45, 2.75) is 18.8 Å². The predicted octanol–water partition coefficient (Wildman–Crippen LogP) is 0.967. The van der Waals surface area contributed by atoms with E-state index in [0.717, 1.165) is 25.0 Å². The van der Waals surface area contributed by atoms with E-state index in [1.54, 1.807) is 6.20 Å². The first-order chi connectivity index (χ1) is 7.68. The van der Waals surface area contributed by atoms with Gasteiger partial charge < -0.3 is 14.8 Å². The molecule has 0 aliphatic carbocycles. The number of aromatic nitrogens is 1. The molecule has 1 unspecified atom stereocenters. The molecule has 1 atom stereocenters. The molecule has 1 fully saturated rings. The predicted molar refractivity (Wildman–Crippen MR) is 56.8 cm³/mol. The molecule has 5 nitrogen and oxygen atoms in total. The van der Waals surface area contributed by atoms with E-state index in [0.29, 0.717) is 6.61 Å². The van der Waals surface area contributed by atoms with Gasteiger partial charge in [-0.15, -0.1) is 0 Å². The number of carbonyl (C=O) groups is 1. The van der Waals surface area contributed by atoms with Gasteiger partial charge in [-0.3, -0.25) is 4.79 Å². The fourth-order valence-corrected chi connectivity index (χ4v) is 1.90. The SMILES string of the molecule is O=C(O)c1cc(C2CCCOC2)c[nH]c1=O. The van der Waals surface area contributed by atoms with Crippen LogP contribution in [0.5, 0.6) is 0 Å². The number of rotatable bonds is 2. The molecule has 0 aromatic carbocycles. The van der Waals surface area contributed by atoms with E-state index in [2.05, 4.69) is 4.98 Å². The van der Waals surface area contributed by atoms with E-state index in [1.807, 2.05) is 0 Å². The summed E-state index contributed by atoms with van der Waals surface area (Å²) < 4.78 is 5.33. The van der Waals surface area contributed by atoms with Gasteiger partial charge in [-0.1, -0.05) is 0 Å². The molecule has 0 radical (unpaired) electrons. The number of nitrogens with one attached hydrogen (secondary N) is 1. The molecule has 0 spiro atoms. The summed E-state index contributed by atoms with van der Waals surface area (Å²) in [6.07, 6.45) is 3.51. The van der Waals surface area contributed by atoms with Crippen LogP contribution in [0.15, 0.2) is 17.1 Å². The summed E-state index contributed by atoms with van der Waals surface area (Å²) in [6, 6.07) is 1.44. The summed E-state index contributed by atoms with van der Waals surface area (Å²) in [6.45, 7) is 1.34. The van der Waals surface area contributed by atoms with Crippen molar-refractivity contribution in [1.82, 2.24) is 4.98 Å². The number of ether oxygens (including phenoxy) is 1. The zero-order chi connectivity index (χ0) is 11.5. The second kappa shape index (κ2) is 4.49. The molecule has 1 aromatic heterocycles. The summed E-state index contributed by atoms with van der Waals surface area (Å²) in [5.41, 5.74) is 0.0627. The monoisotopic (exact) mass is 223 g/mol. The van der Waals surface area contributed by atoms with Gasteiger partial charge in [-0.05, 0) is 24.5 Å². The van der Waals surface area contributed by atoms with Crippen molar-refractivity contribution < 1.29 is 14.6 Å². The smallest absolute Gasteiger partial charge is 0.341 e. The summed E-state index contributed by atoms with van der Waals surface area (Å²) in [7, 11) is 0. The number of H-pyrrole nitrogens is 1. The van der Waals surface area contributed by atoms with Gasteiger partial charge in [0, 0.05) is 18.7 Å². The third-order valence-corrected chi connectivity index (χ3v) is 2.79. The Morgan fingerprint density at radius 2 is 2.38 bits per heavy atom. The lowest BCUT2D eigenvalue weighted by Crippen LogP contribution is -2.21. The van der Waals surface area contributed by atoms with Crippen LogP contribution in [0.3, 0.4) is 0 Å². The highest BCUT2D eigenvalue weighted by molar-refractivity contribution is 5.87. The largest absolute Gasteiger partial charge is 0.477 e. The van der Waals surface area contributed by atoms with Gasteiger partial charge in [0.05, 0.1) is 6.61 Å². The van der Waals surface area contributed by atoms with Crippen LogP contribution in [0.1, 0.15) is 34.7 Å². The third-order valence-electron chi connectivity index (χ3n) is 2.79. The topological polar surface area (TPSA) is 79.4 Å². The number of pyridine rings is 1. The standard InChI is InChI=1S/C11H13NO4/c13-10-9(11(14)15)4-8(5-12-10)7-2-1-3-16-6-7/h4-5,7H,1-3,6H2,(H,12,13)(H,14,15). The Hall–Kier alpha value is -1.62. The second-order valence-electron chi connectivity index (χ2n) is 3.90. The van der Waals surface area contributed by atoms with Crippen LogP contribution in [-0.4, -0.2) is 29.3 Å². The average molecular weight is 223 g/mol. The number of carboxylic acid groups (broad SMARTS) is 1. The zero-order valence-corrected chi connectivity index (χ0v) is 8.73. The van der Waals surface area contributed by atoms with Crippen LogP contribution in [0.25, 0.3) is 0 Å². The quantitative estimate of drug-likeness (QED) is 0.782. The van der Waals surface area contributed by atoms with Crippen molar-refractivity contribution in [3.63, 3.8) is 0 Å². The van der Waals surface area contributed by atoms with Crippen molar-refractivity contribution in [1.29, 1.82) is 0 Å². The van der Waals surface area contributed by atoms with Gasteiger partial charge in [-0.25, -0.2) is 4.79 Å². The van der Waals surface area contributed by atoms with Crippen LogP contribution in [-0.2, 0) is 4.74 Å². The molecule has 16 heavy (non-hydrogen) atoms. The van der Waals surface area contributed by atoms with E-state index in [9.17, 15) is 9.59 Å². The Morgan fingerprint density at radius 1 is 1.56 bits per heavy atom. The van der Waals surface area contributed by atoms with Crippen molar-refractivity contribution in [2.75, 3.05) is 13.2 Å². The molecule has 0 saturated carbocycles. The summed E-state index contributed by atoms with van der Waals surface area (Å²) in [4.78, 5) is 24.5. The Kier molecular flexibility index (Phi) is 3.05. The highest BCUT2D eigenvalue weighted by Gasteiger charge is 2.18. The molecule has 86 valence electrons.